The van der Waals surface area contributed by atoms with Gasteiger partial charge in [0.05, 0.1) is 11.0 Å². The number of carbonyl (C=O) groups excluding carboxylic acids is 1. The molecule has 1 aliphatic carbocycles. The second-order valence-corrected chi connectivity index (χ2v) is 6.10. The third-order valence-corrected chi connectivity index (χ3v) is 4.46. The van der Waals surface area contributed by atoms with Gasteiger partial charge in [0, 0.05) is 11.8 Å². The summed E-state index contributed by atoms with van der Waals surface area (Å²) in [5.74, 6) is -0.408. The van der Waals surface area contributed by atoms with Crippen LogP contribution in [0.1, 0.15) is 45.9 Å². The number of nitro groups is 1. The molecule has 0 fully saturated rings. The SMILES string of the molecule is Cc1cccc([N+](=O)[O-])c1C(=O)NC1CCCc2cc(N)ccc21.Cl. The molecule has 6 nitrogen and oxygen atoms in total. The fourth-order valence-corrected chi connectivity index (χ4v) is 3.31. The molecule has 1 atom stereocenters. The Hall–Kier alpha value is -2.60. The van der Waals surface area contributed by atoms with E-state index in [1.807, 2.05) is 18.2 Å². The minimum atomic E-state index is -0.516. The molecule has 0 aromatic heterocycles. The number of nitrogens with two attached hydrogens (primary N) is 1. The number of nitro benzene ring substituents is 1. The summed E-state index contributed by atoms with van der Waals surface area (Å²) in [6, 6.07) is 10.2. The number of nitrogen functional groups attached to an aromatic ring is 1. The molecule has 7 heteroatoms. The Kier molecular flexibility index (Phi) is 5.64. The lowest BCUT2D eigenvalue weighted by atomic mass is 9.87. The molecular formula is C18H20ClN3O3. The predicted octanol–water partition coefficient (Wildman–Crippen LogP) is 3.71. The first-order valence-corrected chi connectivity index (χ1v) is 7.90. The highest BCUT2D eigenvalue weighted by atomic mass is 35.5. The van der Waals surface area contributed by atoms with Crippen molar-refractivity contribution in [2.75, 3.05) is 5.73 Å². The molecule has 1 amide bonds. The van der Waals surface area contributed by atoms with Crippen LogP contribution < -0.4 is 11.1 Å². The van der Waals surface area contributed by atoms with Crippen molar-refractivity contribution in [3.05, 3.63) is 68.8 Å². The number of fused-ring (bicyclic) bond motifs is 1. The Balaban J connectivity index is 0.00000225. The molecule has 0 aliphatic heterocycles. The van der Waals surface area contributed by atoms with Crippen molar-refractivity contribution in [3.8, 4) is 0 Å². The maximum Gasteiger partial charge on any atom is 0.282 e. The molecule has 2 aromatic carbocycles. The minimum absolute atomic E-state index is 0. The van der Waals surface area contributed by atoms with Crippen LogP contribution in [0.5, 0.6) is 0 Å². The quantitative estimate of drug-likeness (QED) is 0.494. The molecule has 25 heavy (non-hydrogen) atoms. The van der Waals surface area contributed by atoms with Crippen molar-refractivity contribution in [3.63, 3.8) is 0 Å². The van der Waals surface area contributed by atoms with Crippen LogP contribution in [-0.4, -0.2) is 10.8 Å². The molecule has 3 rings (SSSR count). The van der Waals surface area contributed by atoms with Crippen LogP contribution in [0.25, 0.3) is 0 Å². The molecule has 3 N–H and O–H groups in total. The summed E-state index contributed by atoms with van der Waals surface area (Å²) in [5.41, 5.74) is 9.26. The highest BCUT2D eigenvalue weighted by Crippen LogP contribution is 2.32. The average Bonchev–Trinajstić information content (AvgIpc) is 2.54. The molecule has 0 heterocycles. The third kappa shape index (κ3) is 3.74. The monoisotopic (exact) mass is 361 g/mol. The molecule has 0 saturated carbocycles. The van der Waals surface area contributed by atoms with E-state index in [1.54, 1.807) is 19.1 Å². The topological polar surface area (TPSA) is 98.3 Å². The van der Waals surface area contributed by atoms with E-state index in [0.29, 0.717) is 11.3 Å². The van der Waals surface area contributed by atoms with E-state index < -0.39 is 10.8 Å². The van der Waals surface area contributed by atoms with Crippen LogP contribution in [0.4, 0.5) is 11.4 Å². The van der Waals surface area contributed by atoms with Gasteiger partial charge in [0.1, 0.15) is 5.56 Å². The van der Waals surface area contributed by atoms with Crippen LogP contribution >= 0.6 is 12.4 Å². The molecule has 0 spiro atoms. The molecule has 2 aromatic rings. The number of benzene rings is 2. The number of aryl methyl sites for hydroxylation is 2. The number of halogens is 1. The summed E-state index contributed by atoms with van der Waals surface area (Å²) in [6.45, 7) is 1.71. The Bertz CT molecular complexity index is 823. The summed E-state index contributed by atoms with van der Waals surface area (Å²) in [7, 11) is 0. The number of carbonyl (C=O) groups is 1. The van der Waals surface area contributed by atoms with Gasteiger partial charge in [-0.15, -0.1) is 12.4 Å². The number of nitrogens with one attached hydrogen (secondary N) is 1. The number of amides is 1. The zero-order chi connectivity index (χ0) is 17.3. The number of anilines is 1. The van der Waals surface area contributed by atoms with Crippen molar-refractivity contribution in [1.29, 1.82) is 0 Å². The van der Waals surface area contributed by atoms with Crippen LogP contribution in [0, 0.1) is 17.0 Å². The fraction of sp³-hybridized carbons (Fsp3) is 0.278. The standard InChI is InChI=1S/C18H19N3O3.ClH/c1-11-4-2-7-16(21(23)24)17(11)18(22)20-15-6-3-5-12-10-13(19)8-9-14(12)15;/h2,4,7-10,15H,3,5-6,19H2,1H3,(H,20,22);1H. The van der Waals surface area contributed by atoms with E-state index in [9.17, 15) is 14.9 Å². The molecule has 1 unspecified atom stereocenters. The third-order valence-electron chi connectivity index (χ3n) is 4.46. The molecule has 0 bridgehead atoms. The van der Waals surface area contributed by atoms with Gasteiger partial charge in [-0.05, 0) is 55.0 Å². The first-order valence-electron chi connectivity index (χ1n) is 7.90. The average molecular weight is 362 g/mol. The largest absolute Gasteiger partial charge is 0.399 e. The lowest BCUT2D eigenvalue weighted by molar-refractivity contribution is -0.385. The van der Waals surface area contributed by atoms with E-state index in [2.05, 4.69) is 5.32 Å². The Morgan fingerprint density at radius 1 is 1.32 bits per heavy atom. The van der Waals surface area contributed by atoms with Crippen LogP contribution in [0.15, 0.2) is 36.4 Å². The Morgan fingerprint density at radius 2 is 2.08 bits per heavy atom. The van der Waals surface area contributed by atoms with Gasteiger partial charge in [0.25, 0.3) is 11.6 Å². The minimum Gasteiger partial charge on any atom is -0.399 e. The molecular weight excluding hydrogens is 342 g/mol. The summed E-state index contributed by atoms with van der Waals surface area (Å²) in [5, 5.41) is 14.2. The first-order chi connectivity index (χ1) is 11.5. The molecule has 0 saturated heterocycles. The van der Waals surface area contributed by atoms with Crippen molar-refractivity contribution in [1.82, 2.24) is 5.32 Å². The lowest BCUT2D eigenvalue weighted by Crippen LogP contribution is -2.32. The zero-order valence-electron chi connectivity index (χ0n) is 13.8. The summed E-state index contributed by atoms with van der Waals surface area (Å²) >= 11 is 0. The maximum absolute atomic E-state index is 12.7. The first kappa shape index (κ1) is 18.7. The summed E-state index contributed by atoms with van der Waals surface area (Å²) < 4.78 is 0. The van der Waals surface area contributed by atoms with Crippen molar-refractivity contribution in [2.24, 2.45) is 0 Å². The highest BCUT2D eigenvalue weighted by molar-refractivity contribution is 5.99. The van der Waals surface area contributed by atoms with E-state index in [4.69, 9.17) is 5.73 Å². The highest BCUT2D eigenvalue weighted by Gasteiger charge is 2.27. The van der Waals surface area contributed by atoms with Crippen molar-refractivity contribution < 1.29 is 9.72 Å². The van der Waals surface area contributed by atoms with Gasteiger partial charge in [-0.1, -0.05) is 18.2 Å². The van der Waals surface area contributed by atoms with Gasteiger partial charge in [-0.3, -0.25) is 14.9 Å². The fourth-order valence-electron chi connectivity index (χ4n) is 3.31. The van der Waals surface area contributed by atoms with Gasteiger partial charge in [-0.2, -0.15) is 0 Å². The van der Waals surface area contributed by atoms with Crippen LogP contribution in [0.3, 0.4) is 0 Å². The second kappa shape index (κ2) is 7.53. The lowest BCUT2D eigenvalue weighted by Gasteiger charge is -2.27. The maximum atomic E-state index is 12.7. The van der Waals surface area contributed by atoms with Gasteiger partial charge in [-0.25, -0.2) is 0 Å². The van der Waals surface area contributed by atoms with E-state index in [0.717, 1.165) is 30.4 Å². The second-order valence-electron chi connectivity index (χ2n) is 6.10. The molecule has 132 valence electrons. The normalized spacial score (nSPS) is 15.6. The molecule has 1 aliphatic rings. The van der Waals surface area contributed by atoms with E-state index >= 15 is 0 Å². The number of hydrogen-bond acceptors (Lipinski definition) is 4. The Morgan fingerprint density at radius 3 is 2.80 bits per heavy atom. The van der Waals surface area contributed by atoms with Gasteiger partial charge < -0.3 is 11.1 Å². The van der Waals surface area contributed by atoms with Gasteiger partial charge in [0.15, 0.2) is 0 Å². The van der Waals surface area contributed by atoms with Crippen LogP contribution in [-0.2, 0) is 6.42 Å². The smallest absolute Gasteiger partial charge is 0.282 e. The Labute approximate surface area is 152 Å². The zero-order valence-corrected chi connectivity index (χ0v) is 14.6. The van der Waals surface area contributed by atoms with E-state index in [1.165, 1.54) is 6.07 Å². The predicted molar refractivity (Wildman–Crippen MR) is 99.1 cm³/mol. The number of hydrogen-bond donors (Lipinski definition) is 2. The van der Waals surface area contributed by atoms with Crippen molar-refractivity contribution >= 4 is 29.7 Å². The van der Waals surface area contributed by atoms with Gasteiger partial charge in [0.2, 0.25) is 0 Å². The number of nitrogens with zero attached hydrogens (tertiary/aromatic N) is 1. The van der Waals surface area contributed by atoms with Crippen LogP contribution in [0.2, 0.25) is 0 Å². The molecule has 0 radical (unpaired) electrons. The van der Waals surface area contributed by atoms with Crippen molar-refractivity contribution in [2.45, 2.75) is 32.2 Å². The summed E-state index contributed by atoms with van der Waals surface area (Å²) in [6.07, 6.45) is 2.68. The summed E-state index contributed by atoms with van der Waals surface area (Å²) in [4.78, 5) is 23.4. The van der Waals surface area contributed by atoms with E-state index in [-0.39, 0.29) is 29.7 Å². The van der Waals surface area contributed by atoms with Gasteiger partial charge >= 0.3 is 0 Å². The number of rotatable bonds is 3.